The molecule has 0 aromatic rings. The van der Waals surface area contributed by atoms with Crippen LogP contribution in [0.3, 0.4) is 0 Å². The summed E-state index contributed by atoms with van der Waals surface area (Å²) in [6.45, 7) is 7.22. The van der Waals surface area contributed by atoms with E-state index in [1.165, 1.54) is 0 Å². The molecule has 0 radical (unpaired) electrons. The van der Waals surface area contributed by atoms with Gasteiger partial charge in [0.15, 0.2) is 0 Å². The van der Waals surface area contributed by atoms with E-state index < -0.39 is 0 Å². The number of likely N-dealkylation sites (N-methyl/N-ethyl adjacent to an activating group) is 2. The van der Waals surface area contributed by atoms with E-state index in [-0.39, 0.29) is 36.7 Å². The van der Waals surface area contributed by atoms with E-state index in [1.54, 1.807) is 16.8 Å². The highest BCUT2D eigenvalue weighted by Gasteiger charge is 2.25. The van der Waals surface area contributed by atoms with Crippen LogP contribution in [0.1, 0.15) is 26.7 Å². The maximum atomic E-state index is 12.1. The number of hydrogen-bond donors (Lipinski definition) is 1. The lowest BCUT2D eigenvalue weighted by molar-refractivity contribution is -0.141. The molecule has 0 aromatic heterocycles. The Labute approximate surface area is 122 Å². The SMILES string of the molecule is CCN(CC)C(=O)CN(C)C(=O)[C@@H]1CCCNC1.Cl. The van der Waals surface area contributed by atoms with Gasteiger partial charge in [-0.05, 0) is 33.2 Å². The molecule has 1 rings (SSSR count). The van der Waals surface area contributed by atoms with Crippen molar-refractivity contribution in [2.75, 3.05) is 39.8 Å². The van der Waals surface area contributed by atoms with Crippen molar-refractivity contribution in [1.29, 1.82) is 0 Å². The van der Waals surface area contributed by atoms with Crippen molar-refractivity contribution in [1.82, 2.24) is 15.1 Å². The lowest BCUT2D eigenvalue weighted by atomic mass is 9.98. The Balaban J connectivity index is 0.00000324. The highest BCUT2D eigenvalue weighted by Crippen LogP contribution is 2.12. The van der Waals surface area contributed by atoms with Crippen LogP contribution >= 0.6 is 12.4 Å². The number of piperidine rings is 1. The first-order chi connectivity index (χ1) is 8.60. The normalized spacial score (nSPS) is 18.4. The minimum absolute atomic E-state index is 0. The molecule has 0 aromatic carbocycles. The zero-order valence-corrected chi connectivity index (χ0v) is 13.0. The molecule has 1 N–H and O–H groups in total. The van der Waals surface area contributed by atoms with Crippen LogP contribution in [0.15, 0.2) is 0 Å². The number of hydrogen-bond acceptors (Lipinski definition) is 3. The molecule has 1 atom stereocenters. The molecule has 0 bridgehead atoms. The van der Waals surface area contributed by atoms with E-state index in [2.05, 4.69) is 5.32 Å². The fourth-order valence-corrected chi connectivity index (χ4v) is 2.33. The minimum Gasteiger partial charge on any atom is -0.342 e. The van der Waals surface area contributed by atoms with Gasteiger partial charge in [0.2, 0.25) is 11.8 Å². The summed E-state index contributed by atoms with van der Waals surface area (Å²) in [5, 5.41) is 3.23. The third kappa shape index (κ3) is 5.37. The Kier molecular flexibility index (Phi) is 8.76. The van der Waals surface area contributed by atoms with Crippen molar-refractivity contribution in [3.8, 4) is 0 Å². The zero-order chi connectivity index (χ0) is 13.5. The number of halogens is 1. The topological polar surface area (TPSA) is 52.7 Å². The van der Waals surface area contributed by atoms with Crippen LogP contribution in [0, 0.1) is 5.92 Å². The molecule has 1 fully saturated rings. The highest BCUT2D eigenvalue weighted by atomic mass is 35.5. The molecule has 1 aliphatic heterocycles. The molecule has 0 spiro atoms. The first-order valence-electron chi connectivity index (χ1n) is 6.83. The number of nitrogens with zero attached hydrogens (tertiary/aromatic N) is 2. The molecule has 0 aliphatic carbocycles. The first kappa shape index (κ1) is 18.2. The molecule has 1 heterocycles. The summed E-state index contributed by atoms with van der Waals surface area (Å²) in [6.07, 6.45) is 1.96. The van der Waals surface area contributed by atoms with Crippen LogP contribution in [0.2, 0.25) is 0 Å². The maximum absolute atomic E-state index is 12.1. The molecule has 1 saturated heterocycles. The van der Waals surface area contributed by atoms with Crippen molar-refractivity contribution in [2.45, 2.75) is 26.7 Å². The smallest absolute Gasteiger partial charge is 0.242 e. The summed E-state index contributed by atoms with van der Waals surface area (Å²) in [4.78, 5) is 27.4. The molecular formula is C13H26ClN3O2. The summed E-state index contributed by atoms with van der Waals surface area (Å²) < 4.78 is 0. The van der Waals surface area contributed by atoms with E-state index in [0.717, 1.165) is 25.9 Å². The Morgan fingerprint density at radius 1 is 1.26 bits per heavy atom. The lowest BCUT2D eigenvalue weighted by Crippen LogP contribution is -2.46. The Bertz CT molecular complexity index is 290. The molecule has 1 aliphatic rings. The lowest BCUT2D eigenvalue weighted by Gasteiger charge is -2.28. The van der Waals surface area contributed by atoms with Gasteiger partial charge in [-0.1, -0.05) is 0 Å². The standard InChI is InChI=1S/C13H25N3O2.ClH/c1-4-16(5-2)12(17)10-15(3)13(18)11-7-6-8-14-9-11;/h11,14H,4-10H2,1-3H3;1H/t11-;/m1./s1. The van der Waals surface area contributed by atoms with Gasteiger partial charge in [-0.25, -0.2) is 0 Å². The van der Waals surface area contributed by atoms with Gasteiger partial charge in [0.05, 0.1) is 12.5 Å². The van der Waals surface area contributed by atoms with E-state index >= 15 is 0 Å². The van der Waals surface area contributed by atoms with Gasteiger partial charge in [-0.3, -0.25) is 9.59 Å². The van der Waals surface area contributed by atoms with Gasteiger partial charge in [0, 0.05) is 26.7 Å². The van der Waals surface area contributed by atoms with E-state index in [4.69, 9.17) is 0 Å². The first-order valence-corrected chi connectivity index (χ1v) is 6.83. The van der Waals surface area contributed by atoms with Crippen LogP contribution < -0.4 is 5.32 Å². The third-order valence-corrected chi connectivity index (χ3v) is 3.51. The van der Waals surface area contributed by atoms with Gasteiger partial charge < -0.3 is 15.1 Å². The molecular weight excluding hydrogens is 266 g/mol. The summed E-state index contributed by atoms with van der Waals surface area (Å²) in [7, 11) is 1.72. The van der Waals surface area contributed by atoms with Gasteiger partial charge in [-0.2, -0.15) is 0 Å². The molecule has 112 valence electrons. The monoisotopic (exact) mass is 291 g/mol. The molecule has 19 heavy (non-hydrogen) atoms. The third-order valence-electron chi connectivity index (χ3n) is 3.51. The van der Waals surface area contributed by atoms with Crippen molar-refractivity contribution in [3.63, 3.8) is 0 Å². The van der Waals surface area contributed by atoms with E-state index in [0.29, 0.717) is 13.1 Å². The van der Waals surface area contributed by atoms with Crippen molar-refractivity contribution in [2.24, 2.45) is 5.92 Å². The summed E-state index contributed by atoms with van der Waals surface area (Å²) >= 11 is 0. The van der Waals surface area contributed by atoms with E-state index in [1.807, 2.05) is 13.8 Å². The van der Waals surface area contributed by atoms with Crippen LogP contribution in [-0.4, -0.2) is 61.4 Å². The maximum Gasteiger partial charge on any atom is 0.242 e. The molecule has 0 saturated carbocycles. The quantitative estimate of drug-likeness (QED) is 0.813. The van der Waals surface area contributed by atoms with Crippen molar-refractivity contribution in [3.05, 3.63) is 0 Å². The molecule has 6 heteroatoms. The average Bonchev–Trinajstić information content (AvgIpc) is 2.40. The Morgan fingerprint density at radius 2 is 1.89 bits per heavy atom. The summed E-state index contributed by atoms with van der Waals surface area (Å²) in [5.41, 5.74) is 0. The second kappa shape index (κ2) is 9.15. The minimum atomic E-state index is 0. The number of nitrogens with one attached hydrogen (secondary N) is 1. The van der Waals surface area contributed by atoms with Crippen LogP contribution in [0.4, 0.5) is 0 Å². The second-order valence-electron chi connectivity index (χ2n) is 4.80. The van der Waals surface area contributed by atoms with Crippen molar-refractivity contribution >= 4 is 24.2 Å². The van der Waals surface area contributed by atoms with Gasteiger partial charge >= 0.3 is 0 Å². The van der Waals surface area contributed by atoms with Crippen LogP contribution in [0.5, 0.6) is 0 Å². The second-order valence-corrected chi connectivity index (χ2v) is 4.80. The fraction of sp³-hybridized carbons (Fsp3) is 0.846. The predicted octanol–water partition coefficient (Wildman–Crippen LogP) is 0.735. The van der Waals surface area contributed by atoms with Gasteiger partial charge in [0.25, 0.3) is 0 Å². The largest absolute Gasteiger partial charge is 0.342 e. The van der Waals surface area contributed by atoms with Crippen molar-refractivity contribution < 1.29 is 9.59 Å². The highest BCUT2D eigenvalue weighted by molar-refractivity contribution is 5.86. The van der Waals surface area contributed by atoms with Gasteiger partial charge in [-0.15, -0.1) is 12.4 Å². The predicted molar refractivity (Wildman–Crippen MR) is 78.4 cm³/mol. The average molecular weight is 292 g/mol. The number of amides is 2. The van der Waals surface area contributed by atoms with E-state index in [9.17, 15) is 9.59 Å². The molecule has 2 amide bonds. The molecule has 5 nitrogen and oxygen atoms in total. The number of carbonyl (C=O) groups excluding carboxylic acids is 2. The fourth-order valence-electron chi connectivity index (χ4n) is 2.33. The Hall–Kier alpha value is -0.810. The number of rotatable bonds is 5. The molecule has 0 unspecified atom stereocenters. The van der Waals surface area contributed by atoms with Crippen LogP contribution in [-0.2, 0) is 9.59 Å². The summed E-state index contributed by atoms with van der Waals surface area (Å²) in [6, 6.07) is 0. The van der Waals surface area contributed by atoms with Crippen LogP contribution in [0.25, 0.3) is 0 Å². The van der Waals surface area contributed by atoms with Gasteiger partial charge in [0.1, 0.15) is 0 Å². The number of carbonyl (C=O) groups is 2. The summed E-state index contributed by atoms with van der Waals surface area (Å²) in [5.74, 6) is 0.149. The zero-order valence-electron chi connectivity index (χ0n) is 12.1. The Morgan fingerprint density at radius 3 is 2.37 bits per heavy atom.